The minimum atomic E-state index is 0. The van der Waals surface area contributed by atoms with Gasteiger partial charge >= 0.3 is 0 Å². The van der Waals surface area contributed by atoms with Gasteiger partial charge < -0.3 is 16.4 Å². The molecule has 0 aliphatic carbocycles. The Bertz CT molecular complexity index is 6.85. The molecule has 0 radical (unpaired) electrons. The van der Waals surface area contributed by atoms with E-state index in [4.69, 9.17) is 0 Å². The summed E-state index contributed by atoms with van der Waals surface area (Å²) in [5.74, 6) is 0. The summed E-state index contributed by atoms with van der Waals surface area (Å²) < 4.78 is 0. The second-order valence-electron chi connectivity index (χ2n) is 0. The van der Waals surface area contributed by atoms with Crippen molar-refractivity contribution < 1.29 is 54.6 Å². The van der Waals surface area contributed by atoms with Gasteiger partial charge in [0.25, 0.3) is 0 Å². The van der Waals surface area contributed by atoms with E-state index in [1.807, 2.05) is 0 Å². The van der Waals surface area contributed by atoms with Gasteiger partial charge in [-0.05, 0) is 0 Å². The van der Waals surface area contributed by atoms with Crippen LogP contribution in [0.15, 0.2) is 0 Å². The Morgan fingerprint density at radius 2 is 0.600 bits per heavy atom. The first-order valence-corrected chi connectivity index (χ1v) is 0. The zero-order valence-corrected chi connectivity index (χ0v) is 5.10. The summed E-state index contributed by atoms with van der Waals surface area (Å²) in [6.07, 6.45) is 0. The summed E-state index contributed by atoms with van der Waals surface area (Å²) >= 11 is 0. The summed E-state index contributed by atoms with van der Waals surface area (Å²) in [7, 11) is 0. The molecule has 0 spiro atoms. The van der Waals surface area contributed by atoms with Crippen LogP contribution < -0.4 is 0 Å². The molecule has 0 rings (SSSR count). The summed E-state index contributed by atoms with van der Waals surface area (Å²) in [5.41, 5.74) is 0. The Morgan fingerprint density at radius 3 is 0.600 bits per heavy atom. The van der Waals surface area contributed by atoms with E-state index in [0.717, 1.165) is 0 Å². The van der Waals surface area contributed by atoms with Crippen LogP contribution in [0.4, 0.5) is 0 Å². The number of hydrogen-bond donors (Lipinski definition) is 0. The third-order valence-corrected chi connectivity index (χ3v) is 0. The molecule has 0 atom stereocenters. The maximum absolute atomic E-state index is 0. The van der Waals surface area contributed by atoms with Gasteiger partial charge in [0, 0.05) is 38.1 Å². The van der Waals surface area contributed by atoms with E-state index in [9.17, 15) is 0 Å². The molecule has 0 aromatic carbocycles. The Kier molecular flexibility index (Phi) is 1910. The monoisotopic (exact) mass is 202 g/mol. The van der Waals surface area contributed by atoms with E-state index >= 15 is 0 Å². The average Bonchev–Trinajstić information content (AvgIpc) is 0. The Hall–Kier alpha value is 1.09. The van der Waals surface area contributed by atoms with Crippen LogP contribution in [-0.2, 0) is 54.6 Å². The Balaban J connectivity index is 0. The van der Waals surface area contributed by atoms with E-state index < -0.39 is 0 Å². The molecule has 0 heterocycles. The topological polar surface area (TPSA) is 85.5 Å². The fraction of sp³-hybridized carbons (Fsp3) is 0. The molecule has 0 fully saturated rings. The van der Waals surface area contributed by atoms with Crippen molar-refractivity contribution >= 4 is 0 Å². The van der Waals surface area contributed by atoms with Gasteiger partial charge in [0.15, 0.2) is 0 Å². The summed E-state index contributed by atoms with van der Waals surface area (Å²) in [5, 5.41) is 0. The SMILES string of the molecule is [Fe].[Mo].[O-2].[O-2].[O-2]. The van der Waals surface area contributed by atoms with Crippen molar-refractivity contribution in [3.63, 3.8) is 0 Å². The molecule has 3 nitrogen and oxygen atoms in total. The first kappa shape index (κ1) is 133. The molecule has 0 aromatic heterocycles. The fourth-order valence-corrected chi connectivity index (χ4v) is 0. The van der Waals surface area contributed by atoms with Gasteiger partial charge in [-0.15, -0.1) is 0 Å². The van der Waals surface area contributed by atoms with Gasteiger partial charge in [-0.25, -0.2) is 0 Å². The molecule has 0 aliphatic heterocycles. The van der Waals surface area contributed by atoms with Crippen LogP contribution in [0, 0.1) is 0 Å². The molecule has 5 heteroatoms. The summed E-state index contributed by atoms with van der Waals surface area (Å²) in [6.45, 7) is 0. The standard InChI is InChI=1S/Fe.Mo.3O/q;;3*-2. The van der Waals surface area contributed by atoms with Crippen molar-refractivity contribution in [3.8, 4) is 0 Å². The summed E-state index contributed by atoms with van der Waals surface area (Å²) in [6, 6.07) is 0. The molecule has 0 aliphatic rings. The van der Waals surface area contributed by atoms with Crippen molar-refractivity contribution in [1.29, 1.82) is 0 Å². The molecule has 0 amide bonds. The van der Waals surface area contributed by atoms with Crippen LogP contribution in [0.25, 0.3) is 0 Å². The Morgan fingerprint density at radius 1 is 0.600 bits per heavy atom. The normalized spacial score (nSPS) is 0. The van der Waals surface area contributed by atoms with E-state index in [1.165, 1.54) is 0 Å². The quantitative estimate of drug-likeness (QED) is 0.478. The third-order valence-electron chi connectivity index (χ3n) is 0. The van der Waals surface area contributed by atoms with Gasteiger partial charge in [0.1, 0.15) is 0 Å². The molecule has 0 N–H and O–H groups in total. The summed E-state index contributed by atoms with van der Waals surface area (Å²) in [4.78, 5) is 0. The minimum Gasteiger partial charge on any atom is -2.00 e. The molecule has 38 valence electrons. The van der Waals surface area contributed by atoms with Crippen molar-refractivity contribution in [1.82, 2.24) is 0 Å². The number of hydrogen-bond acceptors (Lipinski definition) is 0. The van der Waals surface area contributed by atoms with Crippen molar-refractivity contribution in [2.24, 2.45) is 0 Å². The third kappa shape index (κ3) is 41.0. The number of rotatable bonds is 0. The van der Waals surface area contributed by atoms with Gasteiger partial charge in [0.2, 0.25) is 0 Å². The zero-order valence-electron chi connectivity index (χ0n) is 1.99. The molecule has 5 heavy (non-hydrogen) atoms. The van der Waals surface area contributed by atoms with Crippen LogP contribution in [0.3, 0.4) is 0 Å². The maximum atomic E-state index is 0. The van der Waals surface area contributed by atoms with Crippen molar-refractivity contribution in [2.75, 3.05) is 0 Å². The molecule has 0 saturated carbocycles. The van der Waals surface area contributed by atoms with Crippen LogP contribution in [0.1, 0.15) is 0 Å². The second-order valence-corrected chi connectivity index (χ2v) is 0. The Labute approximate surface area is 54.8 Å². The predicted octanol–water partition coefficient (Wildman–Crippen LogP) is -0.361. The molecule has 0 unspecified atom stereocenters. The van der Waals surface area contributed by atoms with Crippen molar-refractivity contribution in [2.45, 2.75) is 0 Å². The fourth-order valence-electron chi connectivity index (χ4n) is 0. The minimum absolute atomic E-state index is 0. The van der Waals surface area contributed by atoms with Gasteiger partial charge in [0.05, 0.1) is 0 Å². The largest absolute Gasteiger partial charge is 2.00 e. The molecule has 0 bridgehead atoms. The molecule has 0 saturated heterocycles. The van der Waals surface area contributed by atoms with Crippen molar-refractivity contribution in [3.05, 3.63) is 0 Å². The van der Waals surface area contributed by atoms with Gasteiger partial charge in [-0.2, -0.15) is 0 Å². The van der Waals surface area contributed by atoms with E-state index in [2.05, 4.69) is 0 Å². The first-order chi connectivity index (χ1) is 0. The molecule has 0 aromatic rings. The molecular weight excluding hydrogens is 200 g/mol. The van der Waals surface area contributed by atoms with Gasteiger partial charge in [-0.3, -0.25) is 0 Å². The van der Waals surface area contributed by atoms with E-state index in [1.54, 1.807) is 0 Å². The van der Waals surface area contributed by atoms with Crippen LogP contribution in [0.5, 0.6) is 0 Å². The van der Waals surface area contributed by atoms with E-state index in [0.29, 0.717) is 0 Å². The second kappa shape index (κ2) is 71.8. The predicted molar refractivity (Wildman–Crippen MR) is 2.06 cm³/mol. The van der Waals surface area contributed by atoms with Crippen LogP contribution >= 0.6 is 0 Å². The van der Waals surface area contributed by atoms with Crippen LogP contribution in [0.2, 0.25) is 0 Å². The van der Waals surface area contributed by atoms with E-state index in [-0.39, 0.29) is 54.6 Å². The average molecular weight is 200 g/mol. The molecular formula is FeMoO3-6. The zero-order chi connectivity index (χ0) is 0. The maximum Gasteiger partial charge on any atom is 0 e. The smallest absolute Gasteiger partial charge is 0 e. The van der Waals surface area contributed by atoms with Gasteiger partial charge in [-0.1, -0.05) is 0 Å². The first-order valence-electron chi connectivity index (χ1n) is 0. The van der Waals surface area contributed by atoms with Crippen LogP contribution in [-0.4, -0.2) is 0 Å².